The van der Waals surface area contributed by atoms with Crippen molar-refractivity contribution in [2.75, 3.05) is 21.2 Å². The molecule has 0 saturated carbocycles. The van der Waals surface area contributed by atoms with E-state index in [1.807, 2.05) is 13.0 Å². The van der Waals surface area contributed by atoms with Crippen LogP contribution in [0.3, 0.4) is 0 Å². The number of nitrogens with zero attached hydrogens (tertiary/aromatic N) is 1. The zero-order valence-electron chi connectivity index (χ0n) is 34.5. The molecule has 0 bridgehead atoms. The lowest BCUT2D eigenvalue weighted by atomic mass is 9.82. The van der Waals surface area contributed by atoms with Gasteiger partial charge in [0.25, 0.3) is 0 Å². The zero-order valence-corrected chi connectivity index (χ0v) is 34.5. The molecule has 320 valence electrons. The summed E-state index contributed by atoms with van der Waals surface area (Å²) in [7, 11) is 4.85. The number of rotatable bonds is 11. The lowest BCUT2D eigenvalue weighted by Crippen LogP contribution is -2.65. The fraction of sp³-hybridized carbons (Fsp3) is 0.800. The molecule has 3 heterocycles. The second-order valence-electron chi connectivity index (χ2n) is 15.7. The number of aliphatic hydroxyl groups is 3. The van der Waals surface area contributed by atoms with E-state index < -0.39 is 116 Å². The Morgan fingerprint density at radius 1 is 1.02 bits per heavy atom. The van der Waals surface area contributed by atoms with Gasteiger partial charge in [-0.25, -0.2) is 0 Å². The molecule has 16 atom stereocenters. The summed E-state index contributed by atoms with van der Waals surface area (Å²) >= 11 is 0. The summed E-state index contributed by atoms with van der Waals surface area (Å²) in [6.07, 6.45) is -4.18. The minimum Gasteiger partial charge on any atom is -0.462 e. The Hall–Kier alpha value is -2.80. The van der Waals surface area contributed by atoms with Gasteiger partial charge in [0.2, 0.25) is 0 Å². The highest BCUT2D eigenvalue weighted by molar-refractivity contribution is 5.72. The Morgan fingerprint density at radius 3 is 2.30 bits per heavy atom. The molecule has 16 nitrogen and oxygen atoms in total. The number of esters is 3. The van der Waals surface area contributed by atoms with Gasteiger partial charge >= 0.3 is 17.9 Å². The molecule has 0 spiro atoms. The monoisotopic (exact) mass is 799 g/mol. The van der Waals surface area contributed by atoms with Crippen LogP contribution in [0.4, 0.5) is 0 Å². The molecule has 0 amide bonds. The van der Waals surface area contributed by atoms with Gasteiger partial charge in [0.15, 0.2) is 12.6 Å². The molecule has 3 N–H and O–H groups in total. The average Bonchev–Trinajstić information content (AvgIpc) is 3.10. The van der Waals surface area contributed by atoms with Gasteiger partial charge in [-0.3, -0.25) is 14.4 Å². The zero-order chi connectivity index (χ0) is 41.9. The number of aliphatic hydroxyl groups excluding tert-OH is 2. The number of carbonyl (C=O) groups is 4. The van der Waals surface area contributed by atoms with Crippen molar-refractivity contribution in [3.63, 3.8) is 0 Å². The number of methoxy groups -OCH3 is 1. The Kier molecular flexibility index (Phi) is 18.5. The van der Waals surface area contributed by atoms with Crippen LogP contribution < -0.4 is 0 Å². The number of likely N-dealkylation sites (N-methyl/N-ethyl adjacent to an activating group) is 1. The van der Waals surface area contributed by atoms with Crippen LogP contribution in [0.25, 0.3) is 0 Å². The van der Waals surface area contributed by atoms with Crippen molar-refractivity contribution in [1.82, 2.24) is 4.90 Å². The number of allylic oxidation sites excluding steroid dienone is 2. The third-order valence-electron chi connectivity index (χ3n) is 10.7. The number of hydrogen-bond acceptors (Lipinski definition) is 16. The maximum atomic E-state index is 13.3. The van der Waals surface area contributed by atoms with Crippen LogP contribution in [-0.4, -0.2) is 151 Å². The van der Waals surface area contributed by atoms with Gasteiger partial charge in [-0.05, 0) is 66.1 Å². The van der Waals surface area contributed by atoms with Crippen LogP contribution in [0, 0.1) is 11.8 Å². The molecule has 0 radical (unpaired) electrons. The predicted molar refractivity (Wildman–Crippen MR) is 201 cm³/mol. The fourth-order valence-corrected chi connectivity index (χ4v) is 7.72. The minimum absolute atomic E-state index is 0.00828. The van der Waals surface area contributed by atoms with E-state index in [0.717, 1.165) is 0 Å². The van der Waals surface area contributed by atoms with Crippen molar-refractivity contribution >= 4 is 24.2 Å². The smallest absolute Gasteiger partial charge is 0.309 e. The van der Waals surface area contributed by atoms with Crippen LogP contribution in [0.15, 0.2) is 24.3 Å². The molecule has 0 unspecified atom stereocenters. The summed E-state index contributed by atoms with van der Waals surface area (Å²) in [5.74, 6) is -2.88. The predicted octanol–water partition coefficient (Wildman–Crippen LogP) is 2.38. The lowest BCUT2D eigenvalue weighted by Gasteiger charge is -2.50. The summed E-state index contributed by atoms with van der Waals surface area (Å²) in [4.78, 5) is 52.5. The molecular weight excluding hydrogens is 734 g/mol. The van der Waals surface area contributed by atoms with Crippen molar-refractivity contribution in [3.05, 3.63) is 24.3 Å². The molecule has 0 aliphatic carbocycles. The highest BCUT2D eigenvalue weighted by Gasteiger charge is 2.52. The van der Waals surface area contributed by atoms with Gasteiger partial charge in [0.05, 0.1) is 36.4 Å². The first-order valence-corrected chi connectivity index (χ1v) is 19.6. The maximum Gasteiger partial charge on any atom is 0.309 e. The van der Waals surface area contributed by atoms with Gasteiger partial charge in [-0.15, -0.1) is 0 Å². The van der Waals surface area contributed by atoms with Crippen molar-refractivity contribution in [3.8, 4) is 0 Å². The first kappa shape index (κ1) is 47.6. The Bertz CT molecular complexity index is 1340. The van der Waals surface area contributed by atoms with Crippen LogP contribution in [-0.2, 0) is 57.1 Å². The molecule has 0 aromatic heterocycles. The van der Waals surface area contributed by atoms with Crippen LogP contribution in [0.5, 0.6) is 0 Å². The van der Waals surface area contributed by atoms with Crippen molar-refractivity contribution in [2.45, 2.75) is 172 Å². The number of aldehydes is 1. The number of hydrogen-bond donors (Lipinski definition) is 3. The Morgan fingerprint density at radius 2 is 1.71 bits per heavy atom. The van der Waals surface area contributed by atoms with Crippen LogP contribution in [0.1, 0.15) is 87.0 Å². The molecule has 56 heavy (non-hydrogen) atoms. The molecule has 3 rings (SSSR count). The molecule has 16 heteroatoms. The number of ether oxygens (including phenoxy) is 8. The molecular formula is C40H65NO15. The summed E-state index contributed by atoms with van der Waals surface area (Å²) in [5, 5.41) is 33.3. The van der Waals surface area contributed by atoms with E-state index in [1.54, 1.807) is 64.9 Å². The SMILES string of the molecule is CCC(=O)O[C@H]1CC(=O)O[C@H](C)C/C=C/C=C/[C@H](OC(C)=O)[C@H](C)C[C@H](CC=O)[C@H](O[C@@H]2O[C@H](C)[C@@H](O[C@H]3C[C@@](C)(O)[C@@H](O)[C@H](C)O3)[C@H](N(C)C)[C@H]2O)[C@H]1OC. The van der Waals surface area contributed by atoms with Crippen LogP contribution in [0.2, 0.25) is 0 Å². The van der Waals surface area contributed by atoms with E-state index >= 15 is 0 Å². The number of cyclic esters (lactones) is 1. The summed E-state index contributed by atoms with van der Waals surface area (Å²) in [6, 6.07) is -0.771. The van der Waals surface area contributed by atoms with E-state index in [2.05, 4.69) is 0 Å². The average molecular weight is 800 g/mol. The molecule has 0 aromatic carbocycles. The van der Waals surface area contributed by atoms with Gasteiger partial charge < -0.3 is 62.9 Å². The minimum atomic E-state index is -1.49. The largest absolute Gasteiger partial charge is 0.462 e. The second-order valence-corrected chi connectivity index (χ2v) is 15.7. The molecule has 2 fully saturated rings. The molecule has 0 aromatic rings. The van der Waals surface area contributed by atoms with Crippen molar-refractivity contribution in [2.24, 2.45) is 11.8 Å². The van der Waals surface area contributed by atoms with E-state index in [1.165, 1.54) is 21.0 Å². The first-order chi connectivity index (χ1) is 26.3. The van der Waals surface area contributed by atoms with Crippen molar-refractivity contribution < 1.29 is 72.4 Å². The van der Waals surface area contributed by atoms with E-state index in [9.17, 15) is 34.5 Å². The standard InChI is InChI=1S/C40H65NO15/c1-11-30(44)54-29-20-31(45)50-23(3)15-13-12-14-16-28(53-26(6)43)22(2)19-27(17-18-42)36(37(29)49-10)56-39-34(46)33(41(8)9)35(24(4)52-39)55-32-21-40(7,48)38(47)25(5)51-32/h12-14,16,18,22-25,27-29,32-39,46-48H,11,15,17,19-21H2,1-10H3/b13-12+,16-14+/t22-,23-,24-,25+,27+,28+,29+,32+,33-,34-,35-,36+,37+,38+,39+,40-/m1/s1. The van der Waals surface area contributed by atoms with Gasteiger partial charge in [0.1, 0.15) is 49.0 Å². The molecule has 3 aliphatic heterocycles. The quantitative estimate of drug-likeness (QED) is 0.156. The Labute approximate surface area is 330 Å². The molecule has 2 saturated heterocycles. The summed E-state index contributed by atoms with van der Waals surface area (Å²) < 4.78 is 48.5. The second kappa shape index (κ2) is 21.8. The summed E-state index contributed by atoms with van der Waals surface area (Å²) in [5.41, 5.74) is -1.49. The van der Waals surface area contributed by atoms with E-state index in [0.29, 0.717) is 12.7 Å². The number of carbonyl (C=O) groups excluding carboxylic acids is 4. The van der Waals surface area contributed by atoms with E-state index in [4.69, 9.17) is 37.9 Å². The summed E-state index contributed by atoms with van der Waals surface area (Å²) in [6.45, 7) is 11.4. The van der Waals surface area contributed by atoms with Gasteiger partial charge in [-0.1, -0.05) is 32.1 Å². The van der Waals surface area contributed by atoms with Crippen LogP contribution >= 0.6 is 0 Å². The van der Waals surface area contributed by atoms with Crippen molar-refractivity contribution in [1.29, 1.82) is 0 Å². The fourth-order valence-electron chi connectivity index (χ4n) is 7.72. The normalized spacial score (nSPS) is 41.6. The Balaban J connectivity index is 2.09. The third kappa shape index (κ3) is 13.1. The third-order valence-corrected chi connectivity index (χ3v) is 10.7. The molecule has 3 aliphatic rings. The van der Waals surface area contributed by atoms with Gasteiger partial charge in [0, 0.05) is 39.7 Å². The van der Waals surface area contributed by atoms with E-state index in [-0.39, 0.29) is 31.6 Å². The lowest BCUT2D eigenvalue weighted by molar-refractivity contribution is -0.344. The van der Waals surface area contributed by atoms with Gasteiger partial charge in [-0.2, -0.15) is 0 Å². The maximum absolute atomic E-state index is 13.3. The highest BCUT2D eigenvalue weighted by Crippen LogP contribution is 2.37. The topological polar surface area (TPSA) is 206 Å². The first-order valence-electron chi connectivity index (χ1n) is 19.6. The highest BCUT2D eigenvalue weighted by atomic mass is 16.7.